The number of nitrogens with zero attached hydrogens (tertiary/aromatic N) is 1. The van der Waals surface area contributed by atoms with Gasteiger partial charge < -0.3 is 4.74 Å². The molecule has 0 saturated carbocycles. The number of carbonyl (C=O) groups excluding carboxylic acids is 1. The first-order valence-electron chi connectivity index (χ1n) is 12.2. The predicted molar refractivity (Wildman–Crippen MR) is 143 cm³/mol. The van der Waals surface area contributed by atoms with Crippen LogP contribution in [-0.2, 0) is 9.53 Å². The molecule has 34 heavy (non-hydrogen) atoms. The Morgan fingerprint density at radius 1 is 1.09 bits per heavy atom. The topological polar surface area (TPSA) is 50.7 Å². The molecule has 188 valence electrons. The van der Waals surface area contributed by atoms with Gasteiger partial charge in [0.2, 0.25) is 0 Å². The number of esters is 1. The number of hydrogen-bond donors (Lipinski definition) is 1. The fourth-order valence-corrected chi connectivity index (χ4v) is 2.79. The van der Waals surface area contributed by atoms with Crippen LogP contribution >= 0.6 is 0 Å². The average molecular weight is 471 g/mol. The minimum Gasteiger partial charge on any atom is -0.457 e. The highest BCUT2D eigenvalue weighted by Gasteiger charge is 2.14. The molecule has 0 aliphatic carbocycles. The first-order valence-corrected chi connectivity index (χ1v) is 12.2. The Morgan fingerprint density at radius 3 is 2.29 bits per heavy atom. The van der Waals surface area contributed by atoms with Crippen LogP contribution in [0.1, 0.15) is 92.2 Å². The van der Waals surface area contributed by atoms with E-state index < -0.39 is 0 Å². The van der Waals surface area contributed by atoms with Crippen molar-refractivity contribution in [2.75, 3.05) is 0 Å². The number of carbonyl (C=O) groups is 1. The summed E-state index contributed by atoms with van der Waals surface area (Å²) < 4.78 is 18.1. The molecule has 0 aliphatic heterocycles. The zero-order chi connectivity index (χ0) is 25.8. The highest BCUT2D eigenvalue weighted by atomic mass is 19.1. The molecule has 0 saturated heterocycles. The number of unbranched alkanes of at least 4 members (excludes halogenated alkanes) is 1. The second-order valence-electron chi connectivity index (χ2n) is 7.80. The summed E-state index contributed by atoms with van der Waals surface area (Å²) in [6, 6.07) is 6.10. The molecular formula is C29H43FN2O2. The molecule has 1 aromatic carbocycles. The van der Waals surface area contributed by atoms with Crippen LogP contribution in [0.5, 0.6) is 0 Å². The van der Waals surface area contributed by atoms with E-state index in [0.29, 0.717) is 6.42 Å². The summed E-state index contributed by atoms with van der Waals surface area (Å²) in [6.07, 6.45) is 16.4. The lowest BCUT2D eigenvalue weighted by Crippen LogP contribution is -2.10. The van der Waals surface area contributed by atoms with Crippen LogP contribution in [0.3, 0.4) is 0 Å². The van der Waals surface area contributed by atoms with E-state index in [-0.39, 0.29) is 17.9 Å². The van der Waals surface area contributed by atoms with Gasteiger partial charge >= 0.3 is 5.97 Å². The summed E-state index contributed by atoms with van der Waals surface area (Å²) in [5.74, 6) is -0.497. The number of hydrogen-bond acceptors (Lipinski definition) is 4. The summed E-state index contributed by atoms with van der Waals surface area (Å²) >= 11 is 0. The van der Waals surface area contributed by atoms with Crippen molar-refractivity contribution in [3.05, 3.63) is 83.4 Å². The minimum atomic E-state index is -0.277. The summed E-state index contributed by atoms with van der Waals surface area (Å²) in [4.78, 5) is 11.2. The quantitative estimate of drug-likeness (QED) is 0.144. The smallest absolute Gasteiger partial charge is 0.306 e. The molecule has 0 fully saturated rings. The zero-order valence-electron chi connectivity index (χ0n) is 22.0. The normalized spacial score (nSPS) is 13.6. The number of ether oxygens (including phenoxy) is 1. The highest BCUT2D eigenvalue weighted by Crippen LogP contribution is 2.23. The van der Waals surface area contributed by atoms with Crippen LogP contribution < -0.4 is 5.43 Å². The van der Waals surface area contributed by atoms with Crippen molar-refractivity contribution in [1.82, 2.24) is 5.43 Å². The van der Waals surface area contributed by atoms with E-state index in [1.54, 1.807) is 19.1 Å². The van der Waals surface area contributed by atoms with Crippen molar-refractivity contribution < 1.29 is 13.9 Å². The number of nitrogens with one attached hydrogen (secondary N) is 1. The Morgan fingerprint density at radius 2 is 1.76 bits per heavy atom. The number of halogens is 1. The average Bonchev–Trinajstić information content (AvgIpc) is 2.84. The van der Waals surface area contributed by atoms with E-state index in [0.717, 1.165) is 48.2 Å². The van der Waals surface area contributed by atoms with Crippen LogP contribution in [0.25, 0.3) is 0 Å². The van der Waals surface area contributed by atoms with Crippen molar-refractivity contribution in [1.29, 1.82) is 0 Å². The lowest BCUT2D eigenvalue weighted by molar-refractivity contribution is -0.149. The third-order valence-electron chi connectivity index (χ3n) is 4.73. The second-order valence-corrected chi connectivity index (χ2v) is 7.80. The predicted octanol–water partition coefficient (Wildman–Crippen LogP) is 8.35. The van der Waals surface area contributed by atoms with Crippen molar-refractivity contribution in [2.45, 2.75) is 86.7 Å². The van der Waals surface area contributed by atoms with Crippen molar-refractivity contribution in [3.8, 4) is 0 Å². The number of allylic oxidation sites excluding steroid dienone is 8. The molecule has 1 N–H and O–H groups in total. The fourth-order valence-electron chi connectivity index (χ4n) is 2.79. The maximum atomic E-state index is 12.8. The van der Waals surface area contributed by atoms with Gasteiger partial charge in [0.25, 0.3) is 0 Å². The van der Waals surface area contributed by atoms with Gasteiger partial charge in [0.1, 0.15) is 11.9 Å². The van der Waals surface area contributed by atoms with Gasteiger partial charge in [-0.05, 0) is 63.8 Å². The maximum Gasteiger partial charge on any atom is 0.306 e. The van der Waals surface area contributed by atoms with E-state index >= 15 is 0 Å². The molecule has 1 unspecified atom stereocenters. The van der Waals surface area contributed by atoms with Crippen molar-refractivity contribution in [3.63, 3.8) is 0 Å². The van der Waals surface area contributed by atoms with Crippen LogP contribution in [0.2, 0.25) is 0 Å². The number of hydrazone groups is 1. The molecule has 1 atom stereocenters. The maximum absolute atomic E-state index is 12.8. The SMILES string of the molecule is CCCC(OC(=O)CC)c1ccc(F)cc1.C\C=C/C(=C\C=C\C)C(/C)=N/N/C(C)=C/CCC. The third kappa shape index (κ3) is 14.2. The summed E-state index contributed by atoms with van der Waals surface area (Å²) in [5, 5.41) is 4.39. The molecule has 1 aromatic rings. The largest absolute Gasteiger partial charge is 0.457 e. The van der Waals surface area contributed by atoms with Gasteiger partial charge in [-0.25, -0.2) is 4.39 Å². The van der Waals surface area contributed by atoms with Crippen molar-refractivity contribution in [2.24, 2.45) is 5.10 Å². The standard InChI is InChI=1S/C16H26N2.C13H17FO2/c1-6-9-12-14(4)17-18-15(5)16(11-8-3)13-10-7-2;1-3-5-12(16-13(15)4-2)10-6-8-11(14)9-7-10/h7-8,10-13,17H,6,9H2,1-5H3;6-9,12H,3-5H2,1-2H3/b10-7+,11-8-,14-12+,16-13+,18-15+;. The molecule has 5 heteroatoms. The van der Waals surface area contributed by atoms with E-state index in [1.807, 2.05) is 52.8 Å². The molecule has 1 rings (SSSR count). The fraction of sp³-hybridized carbons (Fsp3) is 0.448. The Balaban J connectivity index is 0.000000644. The molecule has 0 spiro atoms. The van der Waals surface area contributed by atoms with Crippen molar-refractivity contribution >= 4 is 11.7 Å². The van der Waals surface area contributed by atoms with Crippen LogP contribution in [0.4, 0.5) is 4.39 Å². The molecule has 4 nitrogen and oxygen atoms in total. The lowest BCUT2D eigenvalue weighted by Gasteiger charge is -2.17. The van der Waals surface area contributed by atoms with Gasteiger partial charge in [0, 0.05) is 12.1 Å². The summed E-state index contributed by atoms with van der Waals surface area (Å²) in [6.45, 7) is 14.0. The van der Waals surface area contributed by atoms with Gasteiger partial charge in [-0.2, -0.15) is 5.10 Å². The Kier molecular flexibility index (Phi) is 17.8. The Labute approximate surface area is 206 Å². The molecule has 0 radical (unpaired) electrons. The van der Waals surface area contributed by atoms with Crippen LogP contribution in [0, 0.1) is 5.82 Å². The van der Waals surface area contributed by atoms with E-state index in [1.165, 1.54) is 12.1 Å². The molecule has 0 bridgehead atoms. The molecule has 0 heterocycles. The highest BCUT2D eigenvalue weighted by molar-refractivity contribution is 6.00. The summed E-state index contributed by atoms with van der Waals surface area (Å²) in [7, 11) is 0. The second kappa shape index (κ2) is 19.5. The number of rotatable bonds is 12. The van der Waals surface area contributed by atoms with E-state index in [9.17, 15) is 9.18 Å². The van der Waals surface area contributed by atoms with Gasteiger partial charge in [-0.3, -0.25) is 10.2 Å². The van der Waals surface area contributed by atoms with Crippen LogP contribution in [-0.4, -0.2) is 11.7 Å². The molecular weight excluding hydrogens is 427 g/mol. The van der Waals surface area contributed by atoms with E-state index in [4.69, 9.17) is 4.74 Å². The zero-order valence-corrected chi connectivity index (χ0v) is 22.0. The molecule has 0 aliphatic rings. The van der Waals surface area contributed by atoms with Gasteiger partial charge in [0.05, 0.1) is 5.71 Å². The first kappa shape index (κ1) is 31.0. The lowest BCUT2D eigenvalue weighted by atomic mass is 10.1. The first-order chi connectivity index (χ1) is 16.3. The third-order valence-corrected chi connectivity index (χ3v) is 4.73. The van der Waals surface area contributed by atoms with Gasteiger partial charge in [0.15, 0.2) is 0 Å². The molecule has 0 amide bonds. The van der Waals surface area contributed by atoms with Gasteiger partial charge in [-0.1, -0.05) is 82.2 Å². The number of benzene rings is 1. The molecule has 0 aromatic heterocycles. The Hall–Kier alpha value is -2.95. The van der Waals surface area contributed by atoms with Gasteiger partial charge in [-0.15, -0.1) is 0 Å². The van der Waals surface area contributed by atoms with Crippen LogP contribution in [0.15, 0.2) is 77.1 Å². The Bertz CT molecular complexity index is 849. The summed E-state index contributed by atoms with van der Waals surface area (Å²) in [5.41, 5.74) is 7.13. The monoisotopic (exact) mass is 470 g/mol. The minimum absolute atomic E-state index is 0.220. The van der Waals surface area contributed by atoms with E-state index in [2.05, 4.69) is 35.7 Å².